The molecule has 0 aliphatic heterocycles. The van der Waals surface area contributed by atoms with Crippen molar-refractivity contribution in [2.75, 3.05) is 6.61 Å². The molecule has 0 aliphatic carbocycles. The van der Waals surface area contributed by atoms with Crippen molar-refractivity contribution < 1.29 is 14.2 Å². The maximum atomic E-state index is 11.6. The van der Waals surface area contributed by atoms with E-state index in [-0.39, 0.29) is 5.97 Å². The molecule has 0 aliphatic rings. The summed E-state index contributed by atoms with van der Waals surface area (Å²) in [5.41, 5.74) is 1.41. The Labute approximate surface area is 117 Å². The molecule has 0 bridgehead atoms. The zero-order chi connectivity index (χ0) is 14.0. The van der Waals surface area contributed by atoms with Crippen molar-refractivity contribution in [3.8, 4) is 5.69 Å². The Kier molecular flexibility index (Phi) is 3.90. The number of carbonyl (C=O) groups excluding carboxylic acids is 1. The first-order valence-electron chi connectivity index (χ1n) is 5.96. The maximum Gasteiger partial charge on any atom is 0.338 e. The highest BCUT2D eigenvalue weighted by Crippen LogP contribution is 2.08. The van der Waals surface area contributed by atoms with Crippen LogP contribution in [0, 0.1) is 6.92 Å². The van der Waals surface area contributed by atoms with Gasteiger partial charge in [-0.1, -0.05) is 17.3 Å². The van der Waals surface area contributed by atoms with Crippen LogP contribution in [0.25, 0.3) is 5.69 Å². The lowest BCUT2D eigenvalue weighted by molar-refractivity contribution is -0.665. The summed E-state index contributed by atoms with van der Waals surface area (Å²) in [6.45, 7) is 4.11. The summed E-state index contributed by atoms with van der Waals surface area (Å²) in [4.78, 5) is 11.6. The summed E-state index contributed by atoms with van der Waals surface area (Å²) >= 11 is 4.28. The van der Waals surface area contributed by atoms with Gasteiger partial charge in [-0.15, -0.1) is 0 Å². The third kappa shape index (κ3) is 2.63. The van der Waals surface area contributed by atoms with Crippen LogP contribution in [0.15, 0.2) is 29.4 Å². The first-order valence-corrected chi connectivity index (χ1v) is 6.41. The average molecular weight is 278 g/mol. The molecule has 0 amide bonds. The van der Waals surface area contributed by atoms with Crippen molar-refractivity contribution in [2.24, 2.45) is 7.05 Å². The van der Waals surface area contributed by atoms with Gasteiger partial charge in [0.1, 0.15) is 0 Å². The van der Waals surface area contributed by atoms with Crippen LogP contribution in [-0.2, 0) is 11.8 Å². The van der Waals surface area contributed by atoms with E-state index in [1.54, 1.807) is 23.7 Å². The van der Waals surface area contributed by atoms with Gasteiger partial charge in [0.2, 0.25) is 0 Å². The number of hydrogen-bond donors (Lipinski definition) is 1. The summed E-state index contributed by atoms with van der Waals surface area (Å²) in [6.07, 6.45) is 0. The van der Waals surface area contributed by atoms with Crippen LogP contribution < -0.4 is 4.68 Å². The standard InChI is InChI=1S/C13H15N3O2S/c1-4-18-12(17)10-5-7-11(8-6-10)16-9(2)15(3)13(19)14-16/h5-8H,4H2,1-3H3/p+1. The first-order chi connectivity index (χ1) is 9.04. The Balaban J connectivity index is 2.32. The lowest BCUT2D eigenvalue weighted by Crippen LogP contribution is -2.36. The highest BCUT2D eigenvalue weighted by molar-refractivity contribution is 7.80. The summed E-state index contributed by atoms with van der Waals surface area (Å²) < 4.78 is 8.60. The highest BCUT2D eigenvalue weighted by atomic mass is 32.1. The minimum absolute atomic E-state index is 0.313. The molecular weight excluding hydrogens is 262 g/mol. The number of thiol groups is 1. The van der Waals surface area contributed by atoms with E-state index in [2.05, 4.69) is 17.7 Å². The Morgan fingerprint density at radius 1 is 1.42 bits per heavy atom. The molecule has 6 heteroatoms. The van der Waals surface area contributed by atoms with Crippen molar-refractivity contribution in [1.29, 1.82) is 0 Å². The molecule has 0 radical (unpaired) electrons. The van der Waals surface area contributed by atoms with Gasteiger partial charge in [-0.05, 0) is 36.3 Å². The second-order valence-electron chi connectivity index (χ2n) is 4.09. The smallest absolute Gasteiger partial charge is 0.338 e. The van der Waals surface area contributed by atoms with E-state index >= 15 is 0 Å². The van der Waals surface area contributed by atoms with Crippen LogP contribution in [0.1, 0.15) is 23.1 Å². The molecule has 1 aromatic heterocycles. The predicted octanol–water partition coefficient (Wildman–Crippen LogP) is 1.47. The molecule has 19 heavy (non-hydrogen) atoms. The average Bonchev–Trinajstić information content (AvgIpc) is 2.67. The molecule has 0 unspecified atom stereocenters. The monoisotopic (exact) mass is 278 g/mol. The van der Waals surface area contributed by atoms with Crippen LogP contribution in [0.3, 0.4) is 0 Å². The molecule has 0 N–H and O–H groups in total. The van der Waals surface area contributed by atoms with Gasteiger partial charge in [-0.3, -0.25) is 0 Å². The van der Waals surface area contributed by atoms with Gasteiger partial charge in [-0.2, -0.15) is 0 Å². The van der Waals surface area contributed by atoms with Gasteiger partial charge in [0, 0.05) is 6.92 Å². The number of esters is 1. The number of nitrogens with zero attached hydrogens (tertiary/aromatic N) is 3. The van der Waals surface area contributed by atoms with Gasteiger partial charge in [0.05, 0.1) is 19.2 Å². The largest absolute Gasteiger partial charge is 0.462 e. The van der Waals surface area contributed by atoms with E-state index in [4.69, 9.17) is 4.74 Å². The molecule has 2 aromatic rings. The van der Waals surface area contributed by atoms with E-state index in [0.29, 0.717) is 17.3 Å². The van der Waals surface area contributed by atoms with Crippen LogP contribution >= 0.6 is 12.6 Å². The molecule has 0 saturated heterocycles. The Morgan fingerprint density at radius 3 is 2.53 bits per heavy atom. The van der Waals surface area contributed by atoms with E-state index in [0.717, 1.165) is 11.5 Å². The molecule has 0 spiro atoms. The summed E-state index contributed by atoms with van der Waals surface area (Å²) in [5.74, 6) is 0.639. The number of aromatic nitrogens is 3. The van der Waals surface area contributed by atoms with E-state index in [1.807, 2.05) is 30.7 Å². The summed E-state index contributed by atoms with van der Waals surface area (Å²) in [7, 11) is 1.90. The number of rotatable bonds is 3. The Hall–Kier alpha value is -1.82. The first kappa shape index (κ1) is 13.6. The fourth-order valence-electron chi connectivity index (χ4n) is 1.71. The fourth-order valence-corrected chi connectivity index (χ4v) is 1.95. The predicted molar refractivity (Wildman–Crippen MR) is 72.7 cm³/mol. The summed E-state index contributed by atoms with van der Waals surface area (Å²) in [6, 6.07) is 7.12. The van der Waals surface area contributed by atoms with Crippen LogP contribution in [0.4, 0.5) is 0 Å². The lowest BCUT2D eigenvalue weighted by Gasteiger charge is -2.01. The number of hydrogen-bond acceptors (Lipinski definition) is 4. The summed E-state index contributed by atoms with van der Waals surface area (Å²) in [5, 5.41) is 4.95. The minimum atomic E-state index is -0.313. The van der Waals surface area contributed by atoms with Gasteiger partial charge < -0.3 is 4.74 Å². The molecule has 0 atom stereocenters. The Morgan fingerprint density at radius 2 is 2.05 bits per heavy atom. The fraction of sp³-hybridized carbons (Fsp3) is 0.308. The van der Waals surface area contributed by atoms with Crippen LogP contribution in [0.2, 0.25) is 0 Å². The minimum Gasteiger partial charge on any atom is -0.462 e. The van der Waals surface area contributed by atoms with Crippen molar-refractivity contribution in [3.05, 3.63) is 35.7 Å². The maximum absolute atomic E-state index is 11.6. The topological polar surface area (TPSA) is 48.0 Å². The zero-order valence-electron chi connectivity index (χ0n) is 11.1. The zero-order valence-corrected chi connectivity index (χ0v) is 12.0. The van der Waals surface area contributed by atoms with Crippen molar-refractivity contribution >= 4 is 18.6 Å². The van der Waals surface area contributed by atoms with Crippen LogP contribution in [0.5, 0.6) is 0 Å². The van der Waals surface area contributed by atoms with Crippen molar-refractivity contribution in [1.82, 2.24) is 9.67 Å². The number of carbonyl (C=O) groups is 1. The van der Waals surface area contributed by atoms with Crippen molar-refractivity contribution in [2.45, 2.75) is 19.0 Å². The third-order valence-electron chi connectivity index (χ3n) is 2.90. The molecule has 100 valence electrons. The SMILES string of the molecule is CCOC(=O)c1ccc(-[n+]2nc(S)n(C)c2C)cc1. The molecule has 0 saturated carbocycles. The molecule has 0 fully saturated rings. The van der Waals surface area contributed by atoms with Gasteiger partial charge in [0.25, 0.3) is 11.0 Å². The molecule has 1 aromatic carbocycles. The van der Waals surface area contributed by atoms with Crippen LogP contribution in [-0.4, -0.2) is 22.2 Å². The molecular formula is C13H16N3O2S+. The number of benzene rings is 1. The van der Waals surface area contributed by atoms with Gasteiger partial charge in [-0.25, -0.2) is 9.36 Å². The van der Waals surface area contributed by atoms with Crippen molar-refractivity contribution in [3.63, 3.8) is 0 Å². The molecule has 2 rings (SSSR count). The van der Waals surface area contributed by atoms with E-state index < -0.39 is 0 Å². The van der Waals surface area contributed by atoms with E-state index in [1.165, 1.54) is 0 Å². The molecule has 1 heterocycles. The molecule has 5 nitrogen and oxygen atoms in total. The normalized spacial score (nSPS) is 10.5. The quantitative estimate of drug-likeness (QED) is 0.525. The lowest BCUT2D eigenvalue weighted by atomic mass is 10.2. The van der Waals surface area contributed by atoms with Gasteiger partial charge >= 0.3 is 5.97 Å². The Bertz CT molecular complexity index is 605. The second kappa shape index (κ2) is 5.44. The second-order valence-corrected chi connectivity index (χ2v) is 4.49. The number of ether oxygens (including phenoxy) is 1. The third-order valence-corrected chi connectivity index (χ3v) is 3.29. The highest BCUT2D eigenvalue weighted by Gasteiger charge is 2.18. The van der Waals surface area contributed by atoms with E-state index in [9.17, 15) is 4.79 Å². The van der Waals surface area contributed by atoms with Gasteiger partial charge in [0.15, 0.2) is 5.69 Å².